The van der Waals surface area contributed by atoms with Crippen LogP contribution in [0.1, 0.15) is 11.1 Å². The van der Waals surface area contributed by atoms with Crippen molar-refractivity contribution in [1.29, 1.82) is 0 Å². The normalized spacial score (nSPS) is 10.5. The number of rotatable bonds is 5. The molecule has 0 aliphatic heterocycles. The molecule has 100 valence electrons. The molecule has 0 heterocycles. The van der Waals surface area contributed by atoms with Gasteiger partial charge in [0.25, 0.3) is 0 Å². The van der Waals surface area contributed by atoms with Crippen molar-refractivity contribution >= 4 is 15.9 Å². The summed E-state index contributed by atoms with van der Waals surface area (Å²) in [6.45, 7) is 1.21. The predicted octanol–water partition coefficient (Wildman–Crippen LogP) is 3.89. The van der Waals surface area contributed by atoms with E-state index >= 15 is 0 Å². The number of hydrogen-bond donors (Lipinski definition) is 1. The van der Waals surface area contributed by atoms with Crippen LogP contribution in [0.15, 0.2) is 46.9 Å². The highest BCUT2D eigenvalue weighted by Crippen LogP contribution is 2.22. The van der Waals surface area contributed by atoms with E-state index in [1.165, 1.54) is 17.7 Å². The van der Waals surface area contributed by atoms with E-state index in [0.29, 0.717) is 16.8 Å². The molecule has 0 saturated heterocycles. The Morgan fingerprint density at radius 1 is 1.16 bits per heavy atom. The lowest BCUT2D eigenvalue weighted by Gasteiger charge is -2.11. The topological polar surface area (TPSA) is 21.3 Å². The maximum Gasteiger partial charge on any atom is 0.128 e. The number of halogens is 2. The molecule has 19 heavy (non-hydrogen) atoms. The summed E-state index contributed by atoms with van der Waals surface area (Å²) >= 11 is 3.25. The lowest BCUT2D eigenvalue weighted by atomic mass is 10.1. The zero-order chi connectivity index (χ0) is 13.7. The smallest absolute Gasteiger partial charge is 0.128 e. The summed E-state index contributed by atoms with van der Waals surface area (Å²) in [6.07, 6.45) is 0. The quantitative estimate of drug-likeness (QED) is 0.901. The molecule has 0 aliphatic carbocycles. The van der Waals surface area contributed by atoms with Crippen molar-refractivity contribution in [2.75, 3.05) is 7.05 Å². The number of nitrogens with one attached hydrogen (secondary N) is 1. The average molecular weight is 324 g/mol. The Labute approximate surface area is 120 Å². The van der Waals surface area contributed by atoms with E-state index in [1.807, 2.05) is 25.2 Å². The molecule has 0 saturated carbocycles. The molecule has 0 fully saturated rings. The van der Waals surface area contributed by atoms with E-state index in [2.05, 4.69) is 27.3 Å². The van der Waals surface area contributed by atoms with Gasteiger partial charge >= 0.3 is 0 Å². The molecular weight excluding hydrogens is 309 g/mol. The fraction of sp³-hybridized carbons (Fsp3) is 0.200. The van der Waals surface area contributed by atoms with Crippen molar-refractivity contribution in [3.05, 3.63) is 63.9 Å². The van der Waals surface area contributed by atoms with Gasteiger partial charge in [0, 0.05) is 17.1 Å². The van der Waals surface area contributed by atoms with Gasteiger partial charge in [-0.3, -0.25) is 0 Å². The fourth-order valence-electron chi connectivity index (χ4n) is 1.83. The van der Waals surface area contributed by atoms with E-state index in [-0.39, 0.29) is 5.82 Å². The standard InChI is InChI=1S/C15H15BrFNO/c1-18-9-11-4-2-3-5-12(11)10-19-15-7-13(16)6-14(17)8-15/h2-8,18H,9-10H2,1H3. The van der Waals surface area contributed by atoms with E-state index in [4.69, 9.17) is 4.74 Å². The van der Waals surface area contributed by atoms with Crippen molar-refractivity contribution in [1.82, 2.24) is 5.32 Å². The van der Waals surface area contributed by atoms with Gasteiger partial charge in [0.1, 0.15) is 18.2 Å². The monoisotopic (exact) mass is 323 g/mol. The molecule has 2 aromatic carbocycles. The van der Waals surface area contributed by atoms with Crippen LogP contribution < -0.4 is 10.1 Å². The molecule has 2 aromatic rings. The van der Waals surface area contributed by atoms with Crippen molar-refractivity contribution < 1.29 is 9.13 Å². The summed E-state index contributed by atoms with van der Waals surface area (Å²) < 4.78 is 19.5. The molecule has 0 unspecified atom stereocenters. The van der Waals surface area contributed by atoms with Gasteiger partial charge in [-0.15, -0.1) is 0 Å². The van der Waals surface area contributed by atoms with E-state index in [1.54, 1.807) is 6.07 Å². The minimum Gasteiger partial charge on any atom is -0.489 e. The van der Waals surface area contributed by atoms with Gasteiger partial charge in [-0.1, -0.05) is 40.2 Å². The maximum atomic E-state index is 13.2. The highest BCUT2D eigenvalue weighted by Gasteiger charge is 2.04. The summed E-state index contributed by atoms with van der Waals surface area (Å²) in [6, 6.07) is 12.6. The second kappa shape index (κ2) is 6.68. The minimum atomic E-state index is -0.312. The SMILES string of the molecule is CNCc1ccccc1COc1cc(F)cc(Br)c1. The van der Waals surface area contributed by atoms with Gasteiger partial charge in [-0.2, -0.15) is 0 Å². The molecule has 0 atom stereocenters. The summed E-state index contributed by atoms with van der Waals surface area (Å²) in [4.78, 5) is 0. The Bertz CT molecular complexity index is 539. The number of ether oxygens (including phenoxy) is 1. The van der Waals surface area contributed by atoms with E-state index in [0.717, 1.165) is 12.1 Å². The summed E-state index contributed by atoms with van der Waals surface area (Å²) in [7, 11) is 1.90. The molecule has 2 rings (SSSR count). The van der Waals surface area contributed by atoms with Gasteiger partial charge in [0.2, 0.25) is 0 Å². The van der Waals surface area contributed by atoms with Crippen LogP contribution in [0.3, 0.4) is 0 Å². The van der Waals surface area contributed by atoms with Crippen LogP contribution >= 0.6 is 15.9 Å². The van der Waals surface area contributed by atoms with Crippen molar-refractivity contribution in [3.8, 4) is 5.75 Å². The van der Waals surface area contributed by atoms with Crippen molar-refractivity contribution in [2.45, 2.75) is 13.2 Å². The van der Waals surface area contributed by atoms with Crippen LogP contribution in [0.25, 0.3) is 0 Å². The zero-order valence-corrected chi connectivity index (χ0v) is 12.2. The third kappa shape index (κ3) is 4.04. The van der Waals surface area contributed by atoms with Crippen LogP contribution in [0.4, 0.5) is 4.39 Å². The van der Waals surface area contributed by atoms with Crippen LogP contribution in [0.2, 0.25) is 0 Å². The summed E-state index contributed by atoms with van der Waals surface area (Å²) in [5.41, 5.74) is 2.28. The molecule has 0 spiro atoms. The second-order valence-electron chi connectivity index (χ2n) is 4.19. The third-order valence-electron chi connectivity index (χ3n) is 2.72. The molecular formula is C15H15BrFNO. The lowest BCUT2D eigenvalue weighted by molar-refractivity contribution is 0.303. The van der Waals surface area contributed by atoms with Gasteiger partial charge < -0.3 is 10.1 Å². The first-order valence-electron chi connectivity index (χ1n) is 5.99. The first-order chi connectivity index (χ1) is 9.19. The van der Waals surface area contributed by atoms with Crippen molar-refractivity contribution in [2.24, 2.45) is 0 Å². The molecule has 0 aliphatic rings. The molecule has 0 amide bonds. The Morgan fingerprint density at radius 3 is 2.58 bits per heavy atom. The predicted molar refractivity (Wildman–Crippen MR) is 77.6 cm³/mol. The first-order valence-corrected chi connectivity index (χ1v) is 6.78. The second-order valence-corrected chi connectivity index (χ2v) is 5.11. The molecule has 0 bridgehead atoms. The Morgan fingerprint density at radius 2 is 1.89 bits per heavy atom. The molecule has 1 N–H and O–H groups in total. The third-order valence-corrected chi connectivity index (χ3v) is 3.17. The summed E-state index contributed by atoms with van der Waals surface area (Å²) in [5.74, 6) is 0.207. The molecule has 4 heteroatoms. The lowest BCUT2D eigenvalue weighted by Crippen LogP contribution is -2.09. The average Bonchev–Trinajstić information content (AvgIpc) is 2.37. The minimum absolute atomic E-state index is 0.312. The van der Waals surface area contributed by atoms with E-state index in [9.17, 15) is 4.39 Å². The zero-order valence-electron chi connectivity index (χ0n) is 10.6. The molecule has 0 radical (unpaired) electrons. The summed E-state index contributed by atoms with van der Waals surface area (Å²) in [5, 5.41) is 3.12. The van der Waals surface area contributed by atoms with Gasteiger partial charge in [0.15, 0.2) is 0 Å². The van der Waals surface area contributed by atoms with Gasteiger partial charge in [-0.05, 0) is 30.3 Å². The van der Waals surface area contributed by atoms with Crippen molar-refractivity contribution in [3.63, 3.8) is 0 Å². The Hall–Kier alpha value is -1.39. The first kappa shape index (κ1) is 14.0. The Balaban J connectivity index is 2.09. The van der Waals surface area contributed by atoms with Crippen LogP contribution in [0.5, 0.6) is 5.75 Å². The largest absolute Gasteiger partial charge is 0.489 e. The fourth-order valence-corrected chi connectivity index (χ4v) is 2.28. The maximum absolute atomic E-state index is 13.2. The molecule has 0 aromatic heterocycles. The van der Waals surface area contributed by atoms with Gasteiger partial charge in [0.05, 0.1) is 0 Å². The van der Waals surface area contributed by atoms with E-state index < -0.39 is 0 Å². The molecule has 2 nitrogen and oxygen atoms in total. The van der Waals surface area contributed by atoms with Crippen LogP contribution in [0, 0.1) is 5.82 Å². The van der Waals surface area contributed by atoms with Crippen LogP contribution in [-0.2, 0) is 13.2 Å². The number of benzene rings is 2. The van der Waals surface area contributed by atoms with Gasteiger partial charge in [-0.25, -0.2) is 4.39 Å². The highest BCUT2D eigenvalue weighted by molar-refractivity contribution is 9.10. The van der Waals surface area contributed by atoms with Crippen LogP contribution in [-0.4, -0.2) is 7.05 Å². The number of hydrogen-bond acceptors (Lipinski definition) is 2. The Kier molecular flexibility index (Phi) is 4.93. The highest BCUT2D eigenvalue weighted by atomic mass is 79.9.